The predicted octanol–water partition coefficient (Wildman–Crippen LogP) is 1.87. The Morgan fingerprint density at radius 3 is 2.68 bits per heavy atom. The summed E-state index contributed by atoms with van der Waals surface area (Å²) in [5, 5.41) is 6.61. The number of carbonyl (C=O) groups excluding carboxylic acids is 1. The van der Waals surface area contributed by atoms with Gasteiger partial charge in [-0.3, -0.25) is 4.98 Å². The second-order valence-corrected chi connectivity index (χ2v) is 3.92. The van der Waals surface area contributed by atoms with Gasteiger partial charge >= 0.3 is 7.41 Å². The molecular formula is C14H13BN3O. The Morgan fingerprint density at radius 1 is 1.26 bits per heavy atom. The van der Waals surface area contributed by atoms with Crippen molar-refractivity contribution in [3.8, 4) is 11.3 Å². The van der Waals surface area contributed by atoms with Crippen molar-refractivity contribution in [3.05, 3.63) is 54.2 Å². The summed E-state index contributed by atoms with van der Waals surface area (Å²) < 4.78 is 0. The molecule has 0 spiro atoms. The van der Waals surface area contributed by atoms with Crippen LogP contribution >= 0.6 is 0 Å². The van der Waals surface area contributed by atoms with Crippen molar-refractivity contribution in [2.75, 3.05) is 0 Å². The molecule has 0 amide bonds. The molecule has 4 nitrogen and oxygen atoms in total. The van der Waals surface area contributed by atoms with Crippen molar-refractivity contribution in [2.24, 2.45) is 5.10 Å². The maximum absolute atomic E-state index is 10.1. The number of hydrazone groups is 1. The zero-order valence-electron chi connectivity index (χ0n) is 10.6. The third-order valence-corrected chi connectivity index (χ3v) is 2.64. The lowest BCUT2D eigenvalue weighted by Gasteiger charge is -2.04. The van der Waals surface area contributed by atoms with E-state index >= 15 is 0 Å². The molecule has 1 aromatic carbocycles. The summed E-state index contributed by atoms with van der Waals surface area (Å²) in [6, 6.07) is 13.8. The summed E-state index contributed by atoms with van der Waals surface area (Å²) in [7, 11) is 1.24. The molecular weight excluding hydrogens is 237 g/mol. The lowest BCUT2D eigenvalue weighted by atomic mass is 10.0. The molecule has 0 atom stereocenters. The van der Waals surface area contributed by atoms with Crippen LogP contribution in [0.25, 0.3) is 11.3 Å². The Kier molecular flexibility index (Phi) is 4.45. The van der Waals surface area contributed by atoms with E-state index in [-0.39, 0.29) is 0 Å². The largest absolute Gasteiger partial charge is 0.349 e. The van der Waals surface area contributed by atoms with Crippen LogP contribution in [0, 0.1) is 0 Å². The quantitative estimate of drug-likeness (QED) is 0.290. The van der Waals surface area contributed by atoms with Crippen LogP contribution in [0.15, 0.2) is 53.8 Å². The van der Waals surface area contributed by atoms with Gasteiger partial charge < -0.3 is 10.1 Å². The van der Waals surface area contributed by atoms with Crippen LogP contribution in [-0.2, 0) is 4.79 Å². The van der Waals surface area contributed by atoms with Gasteiger partial charge in [-0.05, 0) is 24.6 Å². The highest BCUT2D eigenvalue weighted by molar-refractivity contribution is 6.64. The number of pyridine rings is 1. The third kappa shape index (κ3) is 3.52. The molecule has 5 heteroatoms. The number of nitrogens with zero attached hydrogens (tertiary/aromatic N) is 2. The van der Waals surface area contributed by atoms with Gasteiger partial charge in [-0.25, -0.2) is 0 Å². The molecule has 0 saturated heterocycles. The zero-order valence-corrected chi connectivity index (χ0v) is 10.6. The maximum Gasteiger partial charge on any atom is 0.346 e. The molecule has 0 bridgehead atoms. The first-order valence-electron chi connectivity index (χ1n) is 5.90. The fourth-order valence-corrected chi connectivity index (χ4v) is 1.64. The summed E-state index contributed by atoms with van der Waals surface area (Å²) in [4.78, 5) is 14.4. The highest BCUT2D eigenvalue weighted by Gasteiger charge is 2.00. The number of rotatable bonds is 5. The van der Waals surface area contributed by atoms with E-state index in [1.54, 1.807) is 6.20 Å². The lowest BCUT2D eigenvalue weighted by Crippen LogP contribution is -2.15. The summed E-state index contributed by atoms with van der Waals surface area (Å²) in [6.45, 7) is 1.88. The van der Waals surface area contributed by atoms with E-state index in [2.05, 4.69) is 15.4 Å². The number of hydrogen-bond acceptors (Lipinski definition) is 4. The van der Waals surface area contributed by atoms with E-state index in [1.807, 2.05) is 49.4 Å². The van der Waals surface area contributed by atoms with Gasteiger partial charge in [0.25, 0.3) is 0 Å². The molecule has 19 heavy (non-hydrogen) atoms. The van der Waals surface area contributed by atoms with Crippen molar-refractivity contribution in [2.45, 2.75) is 6.92 Å². The molecule has 0 saturated carbocycles. The van der Waals surface area contributed by atoms with Crippen molar-refractivity contribution in [3.63, 3.8) is 0 Å². The van der Waals surface area contributed by atoms with Gasteiger partial charge in [0.1, 0.15) is 6.19 Å². The molecule has 0 aliphatic rings. The smallest absolute Gasteiger partial charge is 0.346 e. The second kappa shape index (κ2) is 6.49. The summed E-state index contributed by atoms with van der Waals surface area (Å²) in [5.74, 6) is 0. The van der Waals surface area contributed by atoms with E-state index < -0.39 is 0 Å². The number of nitrogens with one attached hydrogen (secondary N) is 1. The third-order valence-electron chi connectivity index (χ3n) is 2.64. The average Bonchev–Trinajstić information content (AvgIpc) is 2.48. The molecule has 0 unspecified atom stereocenters. The van der Waals surface area contributed by atoms with E-state index in [0.717, 1.165) is 22.5 Å². The van der Waals surface area contributed by atoms with Gasteiger partial charge in [0.05, 0.1) is 11.4 Å². The van der Waals surface area contributed by atoms with E-state index in [1.165, 1.54) is 7.41 Å². The summed E-state index contributed by atoms with van der Waals surface area (Å²) >= 11 is 0. The first-order chi connectivity index (χ1) is 9.31. The van der Waals surface area contributed by atoms with Crippen LogP contribution in [-0.4, -0.2) is 24.3 Å². The minimum Gasteiger partial charge on any atom is -0.349 e. The number of hydrogen-bond donors (Lipinski definition) is 1. The zero-order chi connectivity index (χ0) is 13.5. The highest BCUT2D eigenvalue weighted by atomic mass is 16.1. The molecule has 1 aromatic heterocycles. The topological polar surface area (TPSA) is 54.4 Å². The first kappa shape index (κ1) is 13.0. The molecule has 2 aromatic rings. The van der Waals surface area contributed by atoms with Crippen LogP contribution in [0.5, 0.6) is 0 Å². The van der Waals surface area contributed by atoms with Crippen LogP contribution in [0.1, 0.15) is 12.5 Å². The Bertz CT molecular complexity index is 567. The van der Waals surface area contributed by atoms with Gasteiger partial charge in [-0.1, -0.05) is 30.3 Å². The first-order valence-corrected chi connectivity index (χ1v) is 5.90. The van der Waals surface area contributed by atoms with Crippen LogP contribution in [0.4, 0.5) is 0 Å². The van der Waals surface area contributed by atoms with Crippen LogP contribution in [0.3, 0.4) is 0 Å². The number of carbonyl (C=O) groups is 1. The molecule has 0 aliphatic heterocycles. The Balaban J connectivity index is 2.14. The van der Waals surface area contributed by atoms with Gasteiger partial charge in [-0.15, -0.1) is 0 Å². The molecule has 2 rings (SSSR count). The second-order valence-electron chi connectivity index (χ2n) is 3.92. The van der Waals surface area contributed by atoms with E-state index in [0.29, 0.717) is 6.19 Å². The minimum absolute atomic E-state index is 0.654. The van der Waals surface area contributed by atoms with Crippen molar-refractivity contribution in [1.82, 2.24) is 10.3 Å². The molecule has 1 radical (unpaired) electrons. The van der Waals surface area contributed by atoms with Gasteiger partial charge in [0.2, 0.25) is 0 Å². The van der Waals surface area contributed by atoms with Gasteiger partial charge in [0.15, 0.2) is 0 Å². The molecule has 0 fully saturated rings. The molecule has 93 valence electrons. The van der Waals surface area contributed by atoms with E-state index in [4.69, 9.17) is 0 Å². The van der Waals surface area contributed by atoms with Crippen molar-refractivity contribution in [1.29, 1.82) is 0 Å². The highest BCUT2D eigenvalue weighted by Crippen LogP contribution is 2.17. The number of benzene rings is 1. The Hall–Kier alpha value is -2.43. The van der Waals surface area contributed by atoms with Crippen molar-refractivity contribution >= 4 is 19.3 Å². The van der Waals surface area contributed by atoms with Crippen molar-refractivity contribution < 1.29 is 4.79 Å². The SMILES string of the molecule is C/C(=N/N[B]C=O)c1ccc(-c2ccccn2)cc1. The predicted molar refractivity (Wildman–Crippen MR) is 77.5 cm³/mol. The maximum atomic E-state index is 10.1. The standard InChI is InChI=1S/C14H13BN3O/c1-11(17-18-15-10-19)12-5-7-13(8-6-12)14-4-2-3-9-16-14/h2-10,18H,1H3/b17-11-. The summed E-state index contributed by atoms with van der Waals surface area (Å²) in [6.07, 6.45) is 2.43. The number of aromatic nitrogens is 1. The van der Waals surface area contributed by atoms with Gasteiger partial charge in [0, 0.05) is 11.8 Å². The fraction of sp³-hybridized carbons (Fsp3) is 0.0714. The van der Waals surface area contributed by atoms with Crippen LogP contribution in [0.2, 0.25) is 0 Å². The molecule has 1 N–H and O–H groups in total. The van der Waals surface area contributed by atoms with Gasteiger partial charge in [-0.2, -0.15) is 5.10 Å². The average molecular weight is 250 g/mol. The van der Waals surface area contributed by atoms with E-state index in [9.17, 15) is 4.79 Å². The molecule has 0 aliphatic carbocycles. The summed E-state index contributed by atoms with van der Waals surface area (Å²) in [5.41, 5.74) is 3.80. The fourth-order valence-electron chi connectivity index (χ4n) is 1.64. The normalized spacial score (nSPS) is 10.9. The Morgan fingerprint density at radius 2 is 2.05 bits per heavy atom. The van der Waals surface area contributed by atoms with Crippen LogP contribution < -0.4 is 5.34 Å². The lowest BCUT2D eigenvalue weighted by molar-refractivity contribution is 0.568. The monoisotopic (exact) mass is 250 g/mol. The minimum atomic E-state index is 0.654. The molecule has 1 heterocycles. The Labute approximate surface area is 112 Å².